The zero-order valence-electron chi connectivity index (χ0n) is 16.0. The maximum absolute atomic E-state index is 12.5. The Labute approximate surface area is 159 Å². The minimum Gasteiger partial charge on any atom is -0.444 e. The van der Waals surface area contributed by atoms with Gasteiger partial charge in [0.05, 0.1) is 6.54 Å². The van der Waals surface area contributed by atoms with Crippen molar-refractivity contribution in [2.45, 2.75) is 39.3 Å². The summed E-state index contributed by atoms with van der Waals surface area (Å²) in [5.74, 6) is -0.159. The molecule has 2 amide bonds. The van der Waals surface area contributed by atoms with Gasteiger partial charge in [-0.15, -0.1) is 0 Å². The molecule has 0 atom stereocenters. The number of aromatic nitrogens is 2. The molecule has 7 heteroatoms. The topological polar surface area (TPSA) is 84.4 Å². The minimum absolute atomic E-state index is 0.159. The molecular formula is C20H26N4O3. The van der Waals surface area contributed by atoms with Gasteiger partial charge in [-0.05, 0) is 51.0 Å². The average Bonchev–Trinajstić information content (AvgIpc) is 2.64. The summed E-state index contributed by atoms with van der Waals surface area (Å²) in [4.78, 5) is 34.2. The Bertz CT molecular complexity index is 730. The monoisotopic (exact) mass is 370 g/mol. The summed E-state index contributed by atoms with van der Waals surface area (Å²) in [6, 6.07) is 7.06. The summed E-state index contributed by atoms with van der Waals surface area (Å²) in [5, 5.41) is 2.85. The molecule has 0 spiro atoms. The summed E-state index contributed by atoms with van der Waals surface area (Å²) >= 11 is 0. The van der Waals surface area contributed by atoms with Crippen LogP contribution in [0.3, 0.4) is 0 Å². The van der Waals surface area contributed by atoms with Crippen LogP contribution in [0.25, 0.3) is 0 Å². The van der Waals surface area contributed by atoms with Gasteiger partial charge in [-0.3, -0.25) is 14.8 Å². The number of nitrogens with one attached hydrogen (secondary N) is 1. The fourth-order valence-electron chi connectivity index (χ4n) is 2.35. The van der Waals surface area contributed by atoms with E-state index in [-0.39, 0.29) is 12.0 Å². The van der Waals surface area contributed by atoms with Gasteiger partial charge in [-0.25, -0.2) is 4.79 Å². The third-order valence-electron chi connectivity index (χ3n) is 3.58. The zero-order chi connectivity index (χ0) is 19.7. The second-order valence-electron chi connectivity index (χ2n) is 7.11. The standard InChI is InChI=1S/C20H26N4O3/c1-20(2,3)27-19(26)24(15-16-6-4-9-22-14-16)13-5-10-23-18(25)17-7-11-21-12-8-17/h4,6-9,11-12,14H,5,10,13,15H2,1-3H3,(H,23,25). The summed E-state index contributed by atoms with van der Waals surface area (Å²) in [6.07, 6.45) is 6.79. The third kappa shape index (κ3) is 7.43. The Morgan fingerprint density at radius 2 is 1.85 bits per heavy atom. The average molecular weight is 370 g/mol. The third-order valence-corrected chi connectivity index (χ3v) is 3.58. The van der Waals surface area contributed by atoms with Crippen LogP contribution in [0.15, 0.2) is 49.1 Å². The molecule has 2 heterocycles. The van der Waals surface area contributed by atoms with Gasteiger partial charge in [0, 0.05) is 43.4 Å². The van der Waals surface area contributed by atoms with Crippen LogP contribution in [0, 0.1) is 0 Å². The molecule has 0 aliphatic rings. The number of ether oxygens (including phenoxy) is 1. The number of nitrogens with zero attached hydrogens (tertiary/aromatic N) is 3. The lowest BCUT2D eigenvalue weighted by molar-refractivity contribution is 0.0232. The summed E-state index contributed by atoms with van der Waals surface area (Å²) in [5.41, 5.74) is 0.911. The van der Waals surface area contributed by atoms with Crippen molar-refractivity contribution in [1.29, 1.82) is 0 Å². The Balaban J connectivity index is 1.89. The number of hydrogen-bond acceptors (Lipinski definition) is 5. The SMILES string of the molecule is CC(C)(C)OC(=O)N(CCCNC(=O)c1ccncc1)Cc1cccnc1. The predicted molar refractivity (Wildman–Crippen MR) is 102 cm³/mol. The molecule has 0 aliphatic carbocycles. The molecule has 0 aromatic carbocycles. The molecule has 0 fully saturated rings. The largest absolute Gasteiger partial charge is 0.444 e. The number of rotatable bonds is 7. The van der Waals surface area contributed by atoms with Crippen molar-refractivity contribution in [2.24, 2.45) is 0 Å². The molecule has 2 aromatic heterocycles. The first kappa shape index (κ1) is 20.4. The van der Waals surface area contributed by atoms with Crippen molar-refractivity contribution in [1.82, 2.24) is 20.2 Å². The number of pyridine rings is 2. The molecule has 0 aliphatic heterocycles. The summed E-state index contributed by atoms with van der Waals surface area (Å²) < 4.78 is 5.49. The van der Waals surface area contributed by atoms with Gasteiger partial charge in [-0.2, -0.15) is 0 Å². The normalized spacial score (nSPS) is 10.9. The van der Waals surface area contributed by atoms with E-state index in [9.17, 15) is 9.59 Å². The predicted octanol–water partition coefficient (Wildman–Crippen LogP) is 3.03. The van der Waals surface area contributed by atoms with Crippen molar-refractivity contribution in [3.05, 3.63) is 60.2 Å². The Morgan fingerprint density at radius 3 is 2.48 bits per heavy atom. The lowest BCUT2D eigenvalue weighted by atomic mass is 10.2. The van der Waals surface area contributed by atoms with Gasteiger partial charge >= 0.3 is 6.09 Å². The molecular weight excluding hydrogens is 344 g/mol. The maximum atomic E-state index is 12.5. The number of hydrogen-bond donors (Lipinski definition) is 1. The fourth-order valence-corrected chi connectivity index (χ4v) is 2.35. The molecule has 1 N–H and O–H groups in total. The maximum Gasteiger partial charge on any atom is 0.410 e. The van der Waals surface area contributed by atoms with E-state index in [1.54, 1.807) is 41.8 Å². The van der Waals surface area contributed by atoms with Crippen molar-refractivity contribution in [2.75, 3.05) is 13.1 Å². The minimum atomic E-state index is -0.570. The molecule has 0 unspecified atom stereocenters. The van der Waals surface area contributed by atoms with Crippen LogP contribution in [0.5, 0.6) is 0 Å². The molecule has 27 heavy (non-hydrogen) atoms. The molecule has 0 saturated heterocycles. The van der Waals surface area contributed by atoms with E-state index in [4.69, 9.17) is 4.74 Å². The number of carbonyl (C=O) groups excluding carboxylic acids is 2. The number of amides is 2. The first-order valence-corrected chi connectivity index (χ1v) is 8.90. The van der Waals surface area contributed by atoms with Crippen LogP contribution in [-0.2, 0) is 11.3 Å². The highest BCUT2D eigenvalue weighted by atomic mass is 16.6. The van der Waals surface area contributed by atoms with Crippen LogP contribution >= 0.6 is 0 Å². The first-order chi connectivity index (χ1) is 12.8. The highest BCUT2D eigenvalue weighted by Gasteiger charge is 2.22. The van der Waals surface area contributed by atoms with E-state index in [2.05, 4.69) is 15.3 Å². The van der Waals surface area contributed by atoms with Crippen molar-refractivity contribution < 1.29 is 14.3 Å². The lowest BCUT2D eigenvalue weighted by Gasteiger charge is -2.27. The van der Waals surface area contributed by atoms with Gasteiger partial charge in [0.15, 0.2) is 0 Å². The van der Waals surface area contributed by atoms with Crippen molar-refractivity contribution >= 4 is 12.0 Å². The highest BCUT2D eigenvalue weighted by Crippen LogP contribution is 2.12. The first-order valence-electron chi connectivity index (χ1n) is 8.90. The van der Waals surface area contributed by atoms with Crippen LogP contribution in [0.2, 0.25) is 0 Å². The molecule has 0 bridgehead atoms. The molecule has 2 aromatic rings. The molecule has 7 nitrogen and oxygen atoms in total. The van der Waals surface area contributed by atoms with Gasteiger partial charge in [-0.1, -0.05) is 6.07 Å². The fraction of sp³-hybridized carbons (Fsp3) is 0.400. The highest BCUT2D eigenvalue weighted by molar-refractivity contribution is 5.93. The van der Waals surface area contributed by atoms with Crippen molar-refractivity contribution in [3.8, 4) is 0 Å². The van der Waals surface area contributed by atoms with E-state index >= 15 is 0 Å². The van der Waals surface area contributed by atoms with E-state index in [0.717, 1.165) is 5.56 Å². The summed E-state index contributed by atoms with van der Waals surface area (Å²) in [6.45, 7) is 6.82. The van der Waals surface area contributed by atoms with Crippen LogP contribution in [0.1, 0.15) is 43.1 Å². The number of carbonyl (C=O) groups is 2. The molecule has 2 rings (SSSR count). The second-order valence-corrected chi connectivity index (χ2v) is 7.11. The smallest absolute Gasteiger partial charge is 0.410 e. The van der Waals surface area contributed by atoms with E-state index in [0.29, 0.717) is 31.6 Å². The molecule has 0 saturated carbocycles. The van der Waals surface area contributed by atoms with Gasteiger partial charge in [0.2, 0.25) is 0 Å². The van der Waals surface area contributed by atoms with Crippen molar-refractivity contribution in [3.63, 3.8) is 0 Å². The van der Waals surface area contributed by atoms with E-state index in [1.807, 2.05) is 32.9 Å². The zero-order valence-corrected chi connectivity index (χ0v) is 16.0. The Hall–Kier alpha value is -2.96. The second kappa shape index (κ2) is 9.66. The van der Waals surface area contributed by atoms with Gasteiger partial charge in [0.1, 0.15) is 5.60 Å². The molecule has 0 radical (unpaired) electrons. The van der Waals surface area contributed by atoms with E-state index < -0.39 is 5.60 Å². The van der Waals surface area contributed by atoms with Crippen LogP contribution in [0.4, 0.5) is 4.79 Å². The van der Waals surface area contributed by atoms with Crippen LogP contribution < -0.4 is 5.32 Å². The Morgan fingerprint density at radius 1 is 1.11 bits per heavy atom. The molecule has 144 valence electrons. The van der Waals surface area contributed by atoms with E-state index in [1.165, 1.54) is 0 Å². The summed E-state index contributed by atoms with van der Waals surface area (Å²) in [7, 11) is 0. The quantitative estimate of drug-likeness (QED) is 0.757. The lowest BCUT2D eigenvalue weighted by Crippen LogP contribution is -2.38. The van der Waals surface area contributed by atoms with Gasteiger partial charge < -0.3 is 15.0 Å². The van der Waals surface area contributed by atoms with Crippen LogP contribution in [-0.4, -0.2) is 45.6 Å². The van der Waals surface area contributed by atoms with Gasteiger partial charge in [0.25, 0.3) is 5.91 Å². The Kier molecular flexibility index (Phi) is 7.28.